The van der Waals surface area contributed by atoms with Crippen LogP contribution in [0.1, 0.15) is 30.0 Å². The van der Waals surface area contributed by atoms with Gasteiger partial charge in [-0.1, -0.05) is 30.7 Å². The fraction of sp³-hybridized carbons (Fsp3) is 0.316. The zero-order valence-corrected chi connectivity index (χ0v) is 15.1. The van der Waals surface area contributed by atoms with Gasteiger partial charge < -0.3 is 10.1 Å². The second kappa shape index (κ2) is 8.45. The average Bonchev–Trinajstić information content (AvgIpc) is 2.60. The van der Waals surface area contributed by atoms with E-state index in [2.05, 4.69) is 5.32 Å². The van der Waals surface area contributed by atoms with E-state index in [0.29, 0.717) is 22.8 Å². The van der Waals surface area contributed by atoms with Gasteiger partial charge in [-0.3, -0.25) is 4.79 Å². The largest absolute Gasteiger partial charge is 0.481 e. The first kappa shape index (κ1) is 20.1. The molecule has 0 fully saturated rings. The molecule has 26 heavy (non-hydrogen) atoms. The van der Waals surface area contributed by atoms with Crippen LogP contribution in [-0.2, 0) is 17.5 Å². The van der Waals surface area contributed by atoms with E-state index in [1.165, 1.54) is 12.1 Å². The predicted octanol–water partition coefficient (Wildman–Crippen LogP) is 5.14. The molecule has 0 saturated carbocycles. The number of ether oxygens (including phenoxy) is 1. The molecule has 0 bridgehead atoms. The molecular formula is C19H19ClF3NO2. The third kappa shape index (κ3) is 5.39. The van der Waals surface area contributed by atoms with Gasteiger partial charge in [0.05, 0.1) is 5.56 Å². The Morgan fingerprint density at radius 3 is 2.58 bits per heavy atom. The number of benzene rings is 2. The van der Waals surface area contributed by atoms with Crippen molar-refractivity contribution in [3.8, 4) is 5.75 Å². The van der Waals surface area contributed by atoms with Crippen LogP contribution in [0.15, 0.2) is 42.5 Å². The molecule has 0 aliphatic heterocycles. The minimum Gasteiger partial charge on any atom is -0.481 e. The van der Waals surface area contributed by atoms with Gasteiger partial charge in [-0.05, 0) is 54.8 Å². The molecule has 2 rings (SSSR count). The summed E-state index contributed by atoms with van der Waals surface area (Å²) in [6, 6.07) is 9.92. The minimum absolute atomic E-state index is 0.0116. The van der Waals surface area contributed by atoms with Crippen molar-refractivity contribution in [2.75, 3.05) is 0 Å². The summed E-state index contributed by atoms with van der Waals surface area (Å²) in [5.41, 5.74) is 0.443. The van der Waals surface area contributed by atoms with Gasteiger partial charge >= 0.3 is 6.18 Å². The Bertz CT molecular complexity index is 778. The number of amides is 1. The van der Waals surface area contributed by atoms with E-state index in [1.54, 1.807) is 25.1 Å². The van der Waals surface area contributed by atoms with Crippen molar-refractivity contribution < 1.29 is 22.7 Å². The highest BCUT2D eigenvalue weighted by atomic mass is 35.5. The molecule has 7 heteroatoms. The summed E-state index contributed by atoms with van der Waals surface area (Å²) < 4.78 is 43.9. The maximum absolute atomic E-state index is 12.7. The second-order valence-corrected chi connectivity index (χ2v) is 6.25. The Kier molecular flexibility index (Phi) is 6.53. The molecule has 0 aliphatic carbocycles. The molecule has 0 saturated heterocycles. The minimum atomic E-state index is -4.42. The maximum atomic E-state index is 12.7. The number of alkyl halides is 3. The van der Waals surface area contributed by atoms with Crippen LogP contribution in [0.5, 0.6) is 5.75 Å². The van der Waals surface area contributed by atoms with Gasteiger partial charge in [-0.2, -0.15) is 13.2 Å². The van der Waals surface area contributed by atoms with Crippen LogP contribution in [0.4, 0.5) is 13.2 Å². The van der Waals surface area contributed by atoms with Crippen LogP contribution in [0.2, 0.25) is 5.02 Å². The Balaban J connectivity index is 2.00. The molecule has 1 N–H and O–H groups in total. The first-order chi connectivity index (χ1) is 12.2. The van der Waals surface area contributed by atoms with Gasteiger partial charge in [0.25, 0.3) is 5.91 Å². The molecule has 0 aliphatic rings. The lowest BCUT2D eigenvalue weighted by molar-refractivity contribution is -0.137. The molecule has 0 spiro atoms. The van der Waals surface area contributed by atoms with Crippen molar-refractivity contribution in [3.05, 3.63) is 64.2 Å². The number of hydrogen-bond acceptors (Lipinski definition) is 2. The third-order valence-electron chi connectivity index (χ3n) is 3.79. The fourth-order valence-electron chi connectivity index (χ4n) is 2.34. The lowest BCUT2D eigenvalue weighted by Crippen LogP contribution is -2.37. The topological polar surface area (TPSA) is 38.3 Å². The van der Waals surface area contributed by atoms with E-state index < -0.39 is 23.8 Å². The summed E-state index contributed by atoms with van der Waals surface area (Å²) in [7, 11) is 0. The lowest BCUT2D eigenvalue weighted by Gasteiger charge is -2.18. The number of carbonyl (C=O) groups is 1. The molecule has 0 radical (unpaired) electrons. The predicted molar refractivity (Wildman–Crippen MR) is 94.2 cm³/mol. The Morgan fingerprint density at radius 1 is 1.23 bits per heavy atom. The molecule has 1 amide bonds. The molecule has 0 aromatic heterocycles. The SMILES string of the molecule is CC[C@@H](Oc1ccc(Cl)c(C)c1)C(=O)NCc1cccc(C(F)(F)F)c1. The van der Waals surface area contributed by atoms with Crippen LogP contribution in [0.25, 0.3) is 0 Å². The first-order valence-electron chi connectivity index (χ1n) is 8.07. The average molecular weight is 386 g/mol. The van der Waals surface area contributed by atoms with Crippen LogP contribution >= 0.6 is 11.6 Å². The third-order valence-corrected chi connectivity index (χ3v) is 4.22. The summed E-state index contributed by atoms with van der Waals surface area (Å²) in [6.45, 7) is 3.60. The van der Waals surface area contributed by atoms with Crippen LogP contribution in [-0.4, -0.2) is 12.0 Å². The highest BCUT2D eigenvalue weighted by Crippen LogP contribution is 2.29. The Hall–Kier alpha value is -2.21. The number of aryl methyl sites for hydroxylation is 1. The molecule has 0 heterocycles. The first-order valence-corrected chi connectivity index (χ1v) is 8.45. The number of carbonyl (C=O) groups excluding carboxylic acids is 1. The molecule has 0 unspecified atom stereocenters. The normalized spacial score (nSPS) is 12.5. The van der Waals surface area contributed by atoms with Gasteiger partial charge in [-0.15, -0.1) is 0 Å². The fourth-order valence-corrected chi connectivity index (χ4v) is 2.46. The quantitative estimate of drug-likeness (QED) is 0.747. The van der Waals surface area contributed by atoms with E-state index in [4.69, 9.17) is 16.3 Å². The van der Waals surface area contributed by atoms with Crippen molar-refractivity contribution in [3.63, 3.8) is 0 Å². The number of halogens is 4. The highest BCUT2D eigenvalue weighted by Gasteiger charge is 2.30. The van der Waals surface area contributed by atoms with E-state index in [1.807, 2.05) is 6.92 Å². The lowest BCUT2D eigenvalue weighted by atomic mass is 10.1. The van der Waals surface area contributed by atoms with Gasteiger partial charge in [0, 0.05) is 11.6 Å². The van der Waals surface area contributed by atoms with Crippen molar-refractivity contribution in [2.45, 2.75) is 39.1 Å². The van der Waals surface area contributed by atoms with E-state index >= 15 is 0 Å². The second-order valence-electron chi connectivity index (χ2n) is 5.84. The maximum Gasteiger partial charge on any atom is 0.416 e. The van der Waals surface area contributed by atoms with Gasteiger partial charge in [0.2, 0.25) is 0 Å². The highest BCUT2D eigenvalue weighted by molar-refractivity contribution is 6.31. The summed E-state index contributed by atoms with van der Waals surface area (Å²) in [5, 5.41) is 3.21. The Morgan fingerprint density at radius 2 is 1.96 bits per heavy atom. The van der Waals surface area contributed by atoms with E-state index in [9.17, 15) is 18.0 Å². The van der Waals surface area contributed by atoms with Gasteiger partial charge in [0.1, 0.15) is 5.75 Å². The molecule has 3 nitrogen and oxygen atoms in total. The molecule has 2 aromatic carbocycles. The van der Waals surface area contributed by atoms with E-state index in [-0.39, 0.29) is 6.54 Å². The summed E-state index contributed by atoms with van der Waals surface area (Å²) in [4.78, 5) is 12.3. The van der Waals surface area contributed by atoms with Crippen molar-refractivity contribution in [1.29, 1.82) is 0 Å². The number of rotatable bonds is 6. The Labute approximate surface area is 155 Å². The standard InChI is InChI=1S/C19H19ClF3NO2/c1-3-17(26-15-7-8-16(20)12(2)9-15)18(25)24-11-13-5-4-6-14(10-13)19(21,22)23/h4-10,17H,3,11H2,1-2H3,(H,24,25)/t17-/m1/s1. The smallest absolute Gasteiger partial charge is 0.416 e. The van der Waals surface area contributed by atoms with Gasteiger partial charge in [0.15, 0.2) is 6.10 Å². The molecule has 2 aromatic rings. The number of nitrogens with one attached hydrogen (secondary N) is 1. The summed E-state index contributed by atoms with van der Waals surface area (Å²) >= 11 is 5.96. The molecule has 1 atom stereocenters. The zero-order valence-electron chi connectivity index (χ0n) is 14.4. The van der Waals surface area contributed by atoms with Crippen LogP contribution < -0.4 is 10.1 Å². The van der Waals surface area contributed by atoms with Crippen molar-refractivity contribution in [2.24, 2.45) is 0 Å². The molecular weight excluding hydrogens is 367 g/mol. The van der Waals surface area contributed by atoms with Crippen LogP contribution in [0.3, 0.4) is 0 Å². The molecule has 140 valence electrons. The van der Waals surface area contributed by atoms with Crippen molar-refractivity contribution in [1.82, 2.24) is 5.32 Å². The van der Waals surface area contributed by atoms with Crippen LogP contribution in [0, 0.1) is 6.92 Å². The number of hydrogen-bond donors (Lipinski definition) is 1. The van der Waals surface area contributed by atoms with Gasteiger partial charge in [-0.25, -0.2) is 0 Å². The van der Waals surface area contributed by atoms with E-state index in [0.717, 1.165) is 17.7 Å². The summed E-state index contributed by atoms with van der Waals surface area (Å²) in [6.07, 6.45) is -4.75. The summed E-state index contributed by atoms with van der Waals surface area (Å²) in [5.74, 6) is 0.116. The zero-order chi connectivity index (χ0) is 19.3. The van der Waals surface area contributed by atoms with Crippen molar-refractivity contribution >= 4 is 17.5 Å². The monoisotopic (exact) mass is 385 g/mol.